The molecule has 5 atom stereocenters. The van der Waals surface area contributed by atoms with Crippen LogP contribution in [0, 0.1) is 28.7 Å². The molecule has 2 nitrogen and oxygen atoms in total. The van der Waals surface area contributed by atoms with Crippen LogP contribution >= 0.6 is 0 Å². The summed E-state index contributed by atoms with van der Waals surface area (Å²) in [6, 6.07) is 8.38. The highest BCUT2D eigenvalue weighted by atomic mass is 28.3. The molecule has 2 fully saturated rings. The van der Waals surface area contributed by atoms with E-state index in [1.165, 1.54) is 29.6 Å². The van der Waals surface area contributed by atoms with Crippen LogP contribution in [-0.4, -0.2) is 24.6 Å². The summed E-state index contributed by atoms with van der Waals surface area (Å²) >= 11 is 0. The highest BCUT2D eigenvalue weighted by Crippen LogP contribution is 2.64. The Labute approximate surface area is 166 Å². The van der Waals surface area contributed by atoms with Crippen LogP contribution in [0.1, 0.15) is 69.9 Å². The fraction of sp³-hybridized carbons (Fsp3) is 0.667. The number of benzene rings is 1. The van der Waals surface area contributed by atoms with Gasteiger partial charge in [-0.1, -0.05) is 44.8 Å². The van der Waals surface area contributed by atoms with Gasteiger partial charge in [0, 0.05) is 5.41 Å². The van der Waals surface area contributed by atoms with E-state index in [0.29, 0.717) is 23.5 Å². The zero-order valence-electron chi connectivity index (χ0n) is 17.1. The fourth-order valence-electron chi connectivity index (χ4n) is 6.50. The van der Waals surface area contributed by atoms with Gasteiger partial charge in [0.1, 0.15) is 20.1 Å². The molecule has 0 amide bonds. The number of fused-ring (bicyclic) bond motifs is 5. The number of phenols is 1. The van der Waals surface area contributed by atoms with E-state index in [4.69, 9.17) is 0 Å². The molecule has 0 unspecified atom stereocenters. The topological polar surface area (TPSA) is 40.5 Å². The second kappa shape index (κ2) is 6.98. The van der Waals surface area contributed by atoms with E-state index in [2.05, 4.69) is 38.3 Å². The quantitative estimate of drug-likeness (QED) is 0.570. The van der Waals surface area contributed by atoms with Gasteiger partial charge in [0.2, 0.25) is 0 Å². The molecule has 2 N–H and O–H groups in total. The Bertz CT molecular complexity index is 774. The van der Waals surface area contributed by atoms with Crippen LogP contribution in [0.2, 0.25) is 12.1 Å². The minimum Gasteiger partial charge on any atom is -0.508 e. The van der Waals surface area contributed by atoms with Crippen LogP contribution < -0.4 is 0 Å². The number of aryl methyl sites for hydroxylation is 1. The van der Waals surface area contributed by atoms with E-state index in [-0.39, 0.29) is 5.41 Å². The zero-order valence-corrected chi connectivity index (χ0v) is 18.2. The highest BCUT2D eigenvalue weighted by Gasteiger charge is 2.61. The van der Waals surface area contributed by atoms with Gasteiger partial charge in [0.15, 0.2) is 0 Å². The first-order valence-electron chi connectivity index (χ1n) is 11.0. The third-order valence-corrected chi connectivity index (χ3v) is 10.9. The molecule has 0 aliphatic heterocycles. The monoisotopic (exact) mass is 382 g/mol. The van der Waals surface area contributed by atoms with Gasteiger partial charge in [0.05, 0.1) is 0 Å². The predicted molar refractivity (Wildman–Crippen MR) is 114 cm³/mol. The zero-order chi connectivity index (χ0) is 19.2. The van der Waals surface area contributed by atoms with Gasteiger partial charge < -0.3 is 10.2 Å². The van der Waals surface area contributed by atoms with E-state index in [1.54, 1.807) is 0 Å². The minimum absolute atomic E-state index is 0.0595. The molecule has 4 rings (SSSR count). The van der Waals surface area contributed by atoms with Gasteiger partial charge in [-0.2, -0.15) is 0 Å². The first-order valence-corrected chi connectivity index (χ1v) is 13.2. The van der Waals surface area contributed by atoms with Crippen molar-refractivity contribution in [3.63, 3.8) is 0 Å². The molecule has 3 aliphatic carbocycles. The Hall–Kier alpha value is -1.24. The molecule has 3 heteroatoms. The summed E-state index contributed by atoms with van der Waals surface area (Å²) in [6.07, 6.45) is 6.41. The molecule has 3 aliphatic rings. The molecular weight excluding hydrogens is 348 g/mol. The summed E-state index contributed by atoms with van der Waals surface area (Å²) in [7, 11) is -0.997. The van der Waals surface area contributed by atoms with Crippen LogP contribution in [0.3, 0.4) is 0 Å². The summed E-state index contributed by atoms with van der Waals surface area (Å²) in [5, 5.41) is 21.5. The molecule has 1 aromatic rings. The SMILES string of the molecule is CC[SiH](C#C[C@]1(O)CC[C@H]2[C@@H]3CCc4cc(O)ccc4[C@H]3CC[C@@]21C)CC. The average Bonchev–Trinajstić information content (AvgIpc) is 2.93. The molecule has 146 valence electrons. The predicted octanol–water partition coefficient (Wildman–Crippen LogP) is 4.79. The largest absolute Gasteiger partial charge is 0.508 e. The third kappa shape index (κ3) is 2.97. The lowest BCUT2D eigenvalue weighted by Crippen LogP contribution is -2.50. The molecule has 1 aromatic carbocycles. The van der Waals surface area contributed by atoms with E-state index >= 15 is 0 Å². The number of rotatable bonds is 2. The van der Waals surface area contributed by atoms with Crippen molar-refractivity contribution in [1.29, 1.82) is 0 Å². The van der Waals surface area contributed by atoms with Crippen LogP contribution in [0.5, 0.6) is 5.75 Å². The summed E-state index contributed by atoms with van der Waals surface area (Å²) in [5.74, 6) is 5.67. The van der Waals surface area contributed by atoms with Gasteiger partial charge in [-0.25, -0.2) is 0 Å². The van der Waals surface area contributed by atoms with Gasteiger partial charge in [-0.15, -0.1) is 5.54 Å². The lowest BCUT2D eigenvalue weighted by Gasteiger charge is -2.52. The van der Waals surface area contributed by atoms with Crippen molar-refractivity contribution in [2.24, 2.45) is 17.3 Å². The van der Waals surface area contributed by atoms with E-state index in [1.807, 2.05) is 12.1 Å². The maximum absolute atomic E-state index is 11.6. The van der Waals surface area contributed by atoms with E-state index in [9.17, 15) is 10.2 Å². The van der Waals surface area contributed by atoms with Gasteiger partial charge in [-0.3, -0.25) is 0 Å². The molecule has 0 spiro atoms. The number of aromatic hydroxyl groups is 1. The Balaban J connectivity index is 1.63. The summed E-state index contributed by atoms with van der Waals surface area (Å²) in [6.45, 7) is 6.83. The maximum atomic E-state index is 11.6. The van der Waals surface area contributed by atoms with Crippen molar-refractivity contribution >= 4 is 8.80 Å². The number of aliphatic hydroxyl groups is 1. The van der Waals surface area contributed by atoms with Crippen LogP contribution in [0.4, 0.5) is 0 Å². The van der Waals surface area contributed by atoms with Gasteiger partial charge >= 0.3 is 0 Å². The van der Waals surface area contributed by atoms with Crippen molar-refractivity contribution in [3.8, 4) is 17.2 Å². The average molecular weight is 383 g/mol. The summed E-state index contributed by atoms with van der Waals surface area (Å²) in [5.41, 5.74) is 5.52. The lowest BCUT2D eigenvalue weighted by atomic mass is 9.53. The molecule has 0 radical (unpaired) electrons. The number of hydrogen-bond donors (Lipinski definition) is 2. The molecule has 0 heterocycles. The summed E-state index contributed by atoms with van der Waals surface area (Å²) in [4.78, 5) is 0. The lowest BCUT2D eigenvalue weighted by molar-refractivity contribution is -0.0647. The van der Waals surface area contributed by atoms with E-state index in [0.717, 1.165) is 32.1 Å². The number of phenolic OH excluding ortho intramolecular Hbond substituents is 1. The fourth-order valence-corrected chi connectivity index (χ4v) is 7.93. The molecule has 27 heavy (non-hydrogen) atoms. The molecule has 0 bridgehead atoms. The Morgan fingerprint density at radius 3 is 2.67 bits per heavy atom. The first-order chi connectivity index (χ1) is 12.9. The minimum atomic E-state index is -0.997. The maximum Gasteiger partial charge on any atom is 0.130 e. The molecule has 0 saturated heterocycles. The number of hydrogen-bond acceptors (Lipinski definition) is 2. The van der Waals surface area contributed by atoms with E-state index < -0.39 is 14.4 Å². The Kier molecular flexibility index (Phi) is 4.93. The standard InChI is InChI=1S/C24H34O2Si/c1-4-27(5-2)15-14-24(26)13-11-22-21-8-6-17-16-18(25)7-9-19(17)20(21)10-12-23(22,24)3/h7,9,16,20-22,25-27H,4-6,8,10-13H2,1-3H3/t20-,21-,22+,23+,24-/m1/s1. The first kappa shape index (κ1) is 19.1. The van der Waals surface area contributed by atoms with Crippen LogP contribution in [-0.2, 0) is 6.42 Å². The van der Waals surface area contributed by atoms with Crippen molar-refractivity contribution in [2.45, 2.75) is 82.9 Å². The second-order valence-corrected chi connectivity index (χ2v) is 12.8. The van der Waals surface area contributed by atoms with Crippen molar-refractivity contribution < 1.29 is 10.2 Å². The van der Waals surface area contributed by atoms with Crippen LogP contribution in [0.25, 0.3) is 0 Å². The molecule has 2 saturated carbocycles. The van der Waals surface area contributed by atoms with Gasteiger partial charge in [-0.05, 0) is 79.5 Å². The van der Waals surface area contributed by atoms with Gasteiger partial charge in [0.25, 0.3) is 0 Å². The van der Waals surface area contributed by atoms with Crippen molar-refractivity contribution in [3.05, 3.63) is 29.3 Å². The second-order valence-electron chi connectivity index (χ2n) is 9.44. The normalized spacial score (nSPS) is 37.1. The highest BCUT2D eigenvalue weighted by molar-refractivity contribution is 6.67. The Morgan fingerprint density at radius 2 is 1.93 bits per heavy atom. The smallest absolute Gasteiger partial charge is 0.130 e. The van der Waals surface area contributed by atoms with Crippen LogP contribution in [0.15, 0.2) is 18.2 Å². The van der Waals surface area contributed by atoms with Crippen molar-refractivity contribution in [1.82, 2.24) is 0 Å². The Morgan fingerprint density at radius 1 is 1.15 bits per heavy atom. The molecular formula is C24H34O2Si. The summed E-state index contributed by atoms with van der Waals surface area (Å²) < 4.78 is 0. The van der Waals surface area contributed by atoms with Crippen molar-refractivity contribution in [2.75, 3.05) is 0 Å². The third-order valence-electron chi connectivity index (χ3n) is 8.33. The molecule has 0 aromatic heterocycles.